The minimum Gasteiger partial charge on any atom is -0.454 e. The van der Waals surface area contributed by atoms with Crippen LogP contribution in [0.5, 0.6) is 0 Å². The Morgan fingerprint density at radius 3 is 2.70 bits per heavy atom. The molecule has 1 amide bonds. The Morgan fingerprint density at radius 1 is 1.55 bits per heavy atom. The van der Waals surface area contributed by atoms with Gasteiger partial charge >= 0.3 is 12.1 Å². The molecule has 0 saturated heterocycles. The minimum absolute atomic E-state index is 0.0431. The van der Waals surface area contributed by atoms with Crippen LogP contribution >= 0.6 is 0 Å². The Bertz CT molecular complexity index is 460. The second kappa shape index (κ2) is 6.73. The number of carbonyl (C=O) groups is 1. The highest BCUT2D eigenvalue weighted by atomic mass is 19.4. The van der Waals surface area contributed by atoms with Crippen LogP contribution in [0.15, 0.2) is 10.5 Å². The van der Waals surface area contributed by atoms with Gasteiger partial charge in [0.1, 0.15) is 5.76 Å². The Hall–Kier alpha value is -1.58. The van der Waals surface area contributed by atoms with E-state index in [9.17, 15) is 18.0 Å². The van der Waals surface area contributed by atoms with E-state index >= 15 is 0 Å². The number of hydrogen-bond acceptors (Lipinski definition) is 5. The molecule has 114 valence electrons. The van der Waals surface area contributed by atoms with Crippen LogP contribution in [-0.2, 0) is 6.54 Å². The van der Waals surface area contributed by atoms with Crippen molar-refractivity contribution in [3.8, 4) is 0 Å². The van der Waals surface area contributed by atoms with E-state index in [4.69, 9.17) is 15.4 Å². The molecule has 4 N–H and O–H groups in total. The van der Waals surface area contributed by atoms with Gasteiger partial charge in [-0.2, -0.15) is 13.2 Å². The fourth-order valence-corrected chi connectivity index (χ4v) is 1.75. The number of hydrogen-bond donors (Lipinski definition) is 3. The van der Waals surface area contributed by atoms with Crippen LogP contribution < -0.4 is 11.3 Å². The van der Waals surface area contributed by atoms with Crippen molar-refractivity contribution < 1.29 is 27.5 Å². The van der Waals surface area contributed by atoms with Crippen molar-refractivity contribution in [2.45, 2.75) is 19.6 Å². The van der Waals surface area contributed by atoms with Crippen molar-refractivity contribution in [3.63, 3.8) is 0 Å². The lowest BCUT2D eigenvalue weighted by molar-refractivity contribution is -0.148. The molecule has 0 fully saturated rings. The summed E-state index contributed by atoms with van der Waals surface area (Å²) in [6.07, 6.45) is -4.38. The first-order chi connectivity index (χ1) is 9.26. The summed E-state index contributed by atoms with van der Waals surface area (Å²) >= 11 is 0. The normalized spacial score (nSPS) is 11.9. The van der Waals surface area contributed by atoms with Crippen molar-refractivity contribution in [2.75, 3.05) is 19.7 Å². The Morgan fingerprint density at radius 2 is 2.20 bits per heavy atom. The summed E-state index contributed by atoms with van der Waals surface area (Å²) in [6, 6.07) is 1.46. The van der Waals surface area contributed by atoms with Gasteiger partial charge in [0, 0.05) is 12.1 Å². The number of nitrogens with one attached hydrogen (secondary N) is 1. The maximum Gasteiger partial charge on any atom is 0.401 e. The van der Waals surface area contributed by atoms with E-state index in [1.54, 1.807) is 6.92 Å². The molecule has 0 atom stereocenters. The first-order valence-electron chi connectivity index (χ1n) is 5.77. The Labute approximate surface area is 113 Å². The molecule has 0 saturated carbocycles. The summed E-state index contributed by atoms with van der Waals surface area (Å²) in [5, 5.41) is 8.78. The third-order valence-electron chi connectivity index (χ3n) is 2.50. The number of nitrogens with zero attached hydrogens (tertiary/aromatic N) is 1. The zero-order chi connectivity index (χ0) is 15.3. The number of aliphatic hydroxyl groups excluding tert-OH is 1. The molecule has 9 heteroatoms. The van der Waals surface area contributed by atoms with Crippen molar-refractivity contribution in [3.05, 3.63) is 23.2 Å². The number of amides is 1. The highest BCUT2D eigenvalue weighted by Crippen LogP contribution is 2.20. The maximum absolute atomic E-state index is 12.4. The van der Waals surface area contributed by atoms with E-state index in [-0.39, 0.29) is 24.6 Å². The summed E-state index contributed by atoms with van der Waals surface area (Å²) < 4.78 is 42.3. The zero-order valence-electron chi connectivity index (χ0n) is 10.8. The highest BCUT2D eigenvalue weighted by Gasteiger charge is 2.31. The number of aryl methyl sites for hydroxylation is 1. The SMILES string of the molecule is Cc1cc(CN(CCO)CC(F)(F)F)oc1C(=O)NN. The van der Waals surface area contributed by atoms with E-state index < -0.39 is 25.2 Å². The number of alkyl halides is 3. The van der Waals surface area contributed by atoms with Crippen molar-refractivity contribution in [1.82, 2.24) is 10.3 Å². The molecule has 1 aromatic rings. The van der Waals surface area contributed by atoms with E-state index in [0.717, 1.165) is 4.90 Å². The van der Waals surface area contributed by atoms with Crippen LogP contribution in [-0.4, -0.2) is 41.8 Å². The number of halogens is 3. The third kappa shape index (κ3) is 4.83. The monoisotopic (exact) mass is 295 g/mol. The lowest BCUT2D eigenvalue weighted by Gasteiger charge is -2.21. The lowest BCUT2D eigenvalue weighted by atomic mass is 10.2. The molecular weight excluding hydrogens is 279 g/mol. The first kappa shape index (κ1) is 16.5. The summed E-state index contributed by atoms with van der Waals surface area (Å²) in [4.78, 5) is 12.3. The van der Waals surface area contributed by atoms with Gasteiger partial charge in [0.2, 0.25) is 0 Å². The van der Waals surface area contributed by atoms with E-state index in [2.05, 4.69) is 0 Å². The molecule has 0 bridgehead atoms. The van der Waals surface area contributed by atoms with Gasteiger partial charge in [-0.05, 0) is 13.0 Å². The van der Waals surface area contributed by atoms with Crippen LogP contribution in [0.4, 0.5) is 13.2 Å². The smallest absolute Gasteiger partial charge is 0.401 e. The van der Waals surface area contributed by atoms with Crippen molar-refractivity contribution in [1.29, 1.82) is 0 Å². The molecule has 0 radical (unpaired) electrons. The standard InChI is InChI=1S/C11H16F3N3O3/c1-7-4-8(20-9(7)10(19)16-15)5-17(2-3-18)6-11(12,13)14/h4,18H,2-3,5-6,15H2,1H3,(H,16,19). The summed E-state index contributed by atoms with van der Waals surface area (Å²) in [6.45, 7) is -0.328. The molecule has 1 rings (SSSR count). The number of rotatable bonds is 6. The van der Waals surface area contributed by atoms with Crippen LogP contribution in [0.3, 0.4) is 0 Å². The van der Waals surface area contributed by atoms with Gasteiger partial charge in [-0.1, -0.05) is 0 Å². The van der Waals surface area contributed by atoms with Crippen molar-refractivity contribution >= 4 is 5.91 Å². The van der Waals surface area contributed by atoms with Gasteiger partial charge in [-0.15, -0.1) is 0 Å². The van der Waals surface area contributed by atoms with Gasteiger partial charge < -0.3 is 9.52 Å². The van der Waals surface area contributed by atoms with E-state index in [1.807, 2.05) is 5.43 Å². The average Bonchev–Trinajstić information content (AvgIpc) is 2.67. The quantitative estimate of drug-likeness (QED) is 0.405. The van der Waals surface area contributed by atoms with Gasteiger partial charge in [0.25, 0.3) is 0 Å². The van der Waals surface area contributed by atoms with Crippen LogP contribution in [0.25, 0.3) is 0 Å². The Kier molecular flexibility index (Phi) is 5.54. The maximum atomic E-state index is 12.4. The Balaban J connectivity index is 2.81. The van der Waals surface area contributed by atoms with Gasteiger partial charge in [-0.25, -0.2) is 5.84 Å². The van der Waals surface area contributed by atoms with Gasteiger partial charge in [0.15, 0.2) is 5.76 Å². The molecule has 20 heavy (non-hydrogen) atoms. The lowest BCUT2D eigenvalue weighted by Crippen LogP contribution is -2.35. The topological polar surface area (TPSA) is 91.7 Å². The van der Waals surface area contributed by atoms with Crippen LogP contribution in [0.2, 0.25) is 0 Å². The summed E-state index contributed by atoms with van der Waals surface area (Å²) in [5.74, 6) is 4.46. The van der Waals surface area contributed by atoms with Gasteiger partial charge in [0.05, 0.1) is 19.7 Å². The molecule has 1 heterocycles. The van der Waals surface area contributed by atoms with E-state index in [1.165, 1.54) is 6.07 Å². The number of nitrogen functional groups attached to an aromatic ring is 1. The van der Waals surface area contributed by atoms with Crippen LogP contribution in [0, 0.1) is 6.92 Å². The largest absolute Gasteiger partial charge is 0.454 e. The van der Waals surface area contributed by atoms with Crippen molar-refractivity contribution in [2.24, 2.45) is 5.84 Å². The molecule has 0 unspecified atom stereocenters. The van der Waals surface area contributed by atoms with Gasteiger partial charge in [-0.3, -0.25) is 15.1 Å². The van der Waals surface area contributed by atoms with Crippen LogP contribution in [0.1, 0.15) is 21.9 Å². The fourth-order valence-electron chi connectivity index (χ4n) is 1.75. The molecule has 0 aliphatic rings. The first-order valence-corrected chi connectivity index (χ1v) is 5.77. The number of aliphatic hydroxyl groups is 1. The summed E-state index contributed by atoms with van der Waals surface area (Å²) in [5.41, 5.74) is 2.36. The average molecular weight is 295 g/mol. The van der Waals surface area contributed by atoms with E-state index in [0.29, 0.717) is 5.56 Å². The zero-order valence-corrected chi connectivity index (χ0v) is 10.8. The second-order valence-corrected chi connectivity index (χ2v) is 4.25. The molecule has 0 aliphatic heterocycles. The second-order valence-electron chi connectivity index (χ2n) is 4.25. The molecule has 0 aromatic carbocycles. The summed E-state index contributed by atoms with van der Waals surface area (Å²) in [7, 11) is 0. The number of furan rings is 1. The molecule has 0 spiro atoms. The number of carbonyl (C=O) groups excluding carboxylic acids is 1. The molecular formula is C11H16F3N3O3. The molecule has 0 aliphatic carbocycles. The highest BCUT2D eigenvalue weighted by molar-refractivity contribution is 5.92. The molecule has 1 aromatic heterocycles. The predicted molar refractivity (Wildman–Crippen MR) is 63.5 cm³/mol. The minimum atomic E-state index is -4.38. The number of hydrazine groups is 1. The predicted octanol–water partition coefficient (Wildman–Crippen LogP) is 0.548. The molecule has 6 nitrogen and oxygen atoms in total. The fraction of sp³-hybridized carbons (Fsp3) is 0.545. The third-order valence-corrected chi connectivity index (χ3v) is 2.50. The number of nitrogens with two attached hydrogens (primary N) is 1.